The molecular formula is C28H28N2O5. The molecule has 1 aliphatic rings. The zero-order chi connectivity index (χ0) is 24.9. The molecule has 0 radical (unpaired) electrons. The molecule has 1 unspecified atom stereocenters. The van der Waals surface area contributed by atoms with Gasteiger partial charge in [-0.2, -0.15) is 0 Å². The van der Waals surface area contributed by atoms with Crippen molar-refractivity contribution in [1.29, 1.82) is 0 Å². The summed E-state index contributed by atoms with van der Waals surface area (Å²) in [6.07, 6.45) is -0.0817. The van der Waals surface area contributed by atoms with E-state index in [1.165, 1.54) is 17.2 Å². The second-order valence-corrected chi connectivity index (χ2v) is 8.77. The second kappa shape index (κ2) is 10.4. The van der Waals surface area contributed by atoms with Crippen LogP contribution in [0.2, 0.25) is 0 Å². The summed E-state index contributed by atoms with van der Waals surface area (Å²) in [4.78, 5) is 35.9. The van der Waals surface area contributed by atoms with Crippen molar-refractivity contribution in [2.75, 3.05) is 18.5 Å². The average molecular weight is 473 g/mol. The van der Waals surface area contributed by atoms with Crippen LogP contribution in [0.3, 0.4) is 0 Å². The Labute approximate surface area is 204 Å². The van der Waals surface area contributed by atoms with Crippen LogP contribution in [-0.2, 0) is 9.53 Å². The van der Waals surface area contributed by atoms with Gasteiger partial charge in [-0.15, -0.1) is 0 Å². The molecule has 0 saturated carbocycles. The number of alkyl carbamates (subject to hydrolysis) is 1. The van der Waals surface area contributed by atoms with Gasteiger partial charge in [0.25, 0.3) is 0 Å². The van der Waals surface area contributed by atoms with Crippen LogP contribution in [-0.4, -0.2) is 36.2 Å². The minimum Gasteiger partial charge on any atom is -0.478 e. The number of nitrogens with one attached hydrogen (secondary N) is 2. The number of carbonyl (C=O) groups is 3. The molecule has 0 saturated heterocycles. The number of carboxylic acid groups (broad SMARTS) is 1. The minimum atomic E-state index is -1.01. The summed E-state index contributed by atoms with van der Waals surface area (Å²) < 4.78 is 5.52. The topological polar surface area (TPSA) is 105 Å². The van der Waals surface area contributed by atoms with Gasteiger partial charge in [-0.3, -0.25) is 4.79 Å². The van der Waals surface area contributed by atoms with Gasteiger partial charge in [-0.25, -0.2) is 9.59 Å². The summed E-state index contributed by atoms with van der Waals surface area (Å²) in [7, 11) is 0. The van der Waals surface area contributed by atoms with Gasteiger partial charge in [0.1, 0.15) is 6.61 Å². The van der Waals surface area contributed by atoms with Crippen LogP contribution in [0.15, 0.2) is 66.7 Å². The van der Waals surface area contributed by atoms with E-state index in [1.807, 2.05) is 24.3 Å². The molecule has 180 valence electrons. The van der Waals surface area contributed by atoms with E-state index in [0.29, 0.717) is 24.2 Å². The Kier molecular flexibility index (Phi) is 7.15. The van der Waals surface area contributed by atoms with Gasteiger partial charge in [0.2, 0.25) is 5.91 Å². The van der Waals surface area contributed by atoms with Gasteiger partial charge < -0.3 is 20.5 Å². The van der Waals surface area contributed by atoms with E-state index in [9.17, 15) is 14.4 Å². The Hall–Kier alpha value is -4.13. The lowest BCUT2D eigenvalue weighted by Gasteiger charge is -2.16. The fourth-order valence-electron chi connectivity index (χ4n) is 4.42. The fraction of sp³-hybridized carbons (Fsp3) is 0.250. The molecule has 1 aliphatic carbocycles. The number of carboxylic acids is 1. The highest BCUT2D eigenvalue weighted by Crippen LogP contribution is 2.44. The van der Waals surface area contributed by atoms with E-state index in [2.05, 4.69) is 34.9 Å². The fourth-order valence-corrected chi connectivity index (χ4v) is 4.42. The molecule has 3 aromatic rings. The van der Waals surface area contributed by atoms with Crippen LogP contribution in [0.5, 0.6) is 0 Å². The average Bonchev–Trinajstić information content (AvgIpc) is 3.16. The first kappa shape index (κ1) is 24.0. The van der Waals surface area contributed by atoms with Crippen molar-refractivity contribution in [2.24, 2.45) is 5.92 Å². The molecule has 0 bridgehead atoms. The molecule has 1 atom stereocenters. The van der Waals surface area contributed by atoms with Crippen LogP contribution >= 0.6 is 0 Å². The zero-order valence-corrected chi connectivity index (χ0v) is 19.7. The predicted molar refractivity (Wildman–Crippen MR) is 134 cm³/mol. The van der Waals surface area contributed by atoms with Gasteiger partial charge in [0.05, 0.1) is 5.56 Å². The smallest absolute Gasteiger partial charge is 0.407 e. The Bertz CT molecular complexity index is 1220. The summed E-state index contributed by atoms with van der Waals surface area (Å²) in [5, 5.41) is 14.6. The van der Waals surface area contributed by atoms with E-state index in [1.54, 1.807) is 26.0 Å². The number of fused-ring (bicyclic) bond motifs is 3. The Balaban J connectivity index is 1.24. The lowest BCUT2D eigenvalue weighted by Crippen LogP contribution is -2.30. The summed E-state index contributed by atoms with van der Waals surface area (Å²) in [5.41, 5.74) is 5.95. The van der Waals surface area contributed by atoms with E-state index >= 15 is 0 Å². The third kappa shape index (κ3) is 5.35. The lowest BCUT2D eigenvalue weighted by molar-refractivity contribution is -0.119. The zero-order valence-electron chi connectivity index (χ0n) is 19.7. The quantitative estimate of drug-likeness (QED) is 0.418. The summed E-state index contributed by atoms with van der Waals surface area (Å²) in [6.45, 7) is 3.98. The first-order valence-corrected chi connectivity index (χ1v) is 11.6. The molecule has 2 amide bonds. The van der Waals surface area contributed by atoms with Gasteiger partial charge in [-0.1, -0.05) is 55.5 Å². The van der Waals surface area contributed by atoms with Crippen LogP contribution < -0.4 is 10.6 Å². The first-order valence-electron chi connectivity index (χ1n) is 11.6. The van der Waals surface area contributed by atoms with Crippen LogP contribution in [0.25, 0.3) is 11.1 Å². The van der Waals surface area contributed by atoms with Gasteiger partial charge in [0.15, 0.2) is 0 Å². The van der Waals surface area contributed by atoms with E-state index in [-0.39, 0.29) is 29.9 Å². The normalized spacial score (nSPS) is 12.9. The third-order valence-electron chi connectivity index (χ3n) is 6.36. The van der Waals surface area contributed by atoms with Crippen molar-refractivity contribution in [1.82, 2.24) is 5.32 Å². The van der Waals surface area contributed by atoms with E-state index in [0.717, 1.165) is 11.1 Å². The molecule has 0 heterocycles. The molecular weight excluding hydrogens is 444 g/mol. The van der Waals surface area contributed by atoms with E-state index < -0.39 is 12.1 Å². The van der Waals surface area contributed by atoms with Gasteiger partial charge in [-0.05, 0) is 59.4 Å². The Morgan fingerprint density at radius 1 is 0.971 bits per heavy atom. The number of ether oxygens (including phenoxy) is 1. The molecule has 7 nitrogen and oxygen atoms in total. The van der Waals surface area contributed by atoms with Crippen molar-refractivity contribution in [3.63, 3.8) is 0 Å². The number of aromatic carboxylic acids is 1. The minimum absolute atomic E-state index is 0.00572. The van der Waals surface area contributed by atoms with Crippen molar-refractivity contribution in [3.8, 4) is 11.1 Å². The van der Waals surface area contributed by atoms with E-state index in [4.69, 9.17) is 9.84 Å². The number of benzene rings is 3. The summed E-state index contributed by atoms with van der Waals surface area (Å²) in [5.74, 6) is -1.58. The second-order valence-electron chi connectivity index (χ2n) is 8.77. The van der Waals surface area contributed by atoms with Crippen molar-refractivity contribution in [3.05, 3.63) is 89.0 Å². The number of rotatable bonds is 8. The molecule has 35 heavy (non-hydrogen) atoms. The van der Waals surface area contributed by atoms with Crippen LogP contribution in [0, 0.1) is 12.8 Å². The maximum atomic E-state index is 12.5. The molecule has 3 aromatic carbocycles. The Morgan fingerprint density at radius 2 is 1.60 bits per heavy atom. The molecule has 0 aliphatic heterocycles. The third-order valence-corrected chi connectivity index (χ3v) is 6.36. The lowest BCUT2D eigenvalue weighted by atomic mass is 9.98. The number of hydrogen-bond acceptors (Lipinski definition) is 4. The highest BCUT2D eigenvalue weighted by atomic mass is 16.5. The Morgan fingerprint density at radius 3 is 2.20 bits per heavy atom. The number of aryl methyl sites for hydroxylation is 1. The first-order chi connectivity index (χ1) is 16.8. The number of carbonyl (C=O) groups excluding carboxylic acids is 2. The molecule has 0 spiro atoms. The molecule has 0 fully saturated rings. The number of anilines is 1. The standard InChI is InChI=1S/C28H28N2O5/c1-17(26(31)30-19-11-12-20(27(32)33)18(2)15-19)13-14-29-28(34)35-16-25-23-9-5-3-7-21(23)22-8-4-6-10-24(22)25/h3-12,15,17,25H,13-14,16H2,1-2H3,(H,29,34)(H,30,31)(H,32,33). The van der Waals surface area contributed by atoms with Crippen molar-refractivity contribution in [2.45, 2.75) is 26.2 Å². The SMILES string of the molecule is Cc1cc(NC(=O)C(C)CCNC(=O)OCC2c3ccccc3-c3ccccc32)ccc1C(=O)O. The van der Waals surface area contributed by atoms with Crippen molar-refractivity contribution < 1.29 is 24.2 Å². The molecule has 7 heteroatoms. The molecule has 4 rings (SSSR count). The molecule has 0 aromatic heterocycles. The van der Waals surface area contributed by atoms with Gasteiger partial charge >= 0.3 is 12.1 Å². The number of hydrogen-bond donors (Lipinski definition) is 3. The molecule has 3 N–H and O–H groups in total. The monoisotopic (exact) mass is 472 g/mol. The van der Waals surface area contributed by atoms with Gasteiger partial charge in [0, 0.05) is 24.1 Å². The predicted octanol–water partition coefficient (Wildman–Crippen LogP) is 5.20. The highest BCUT2D eigenvalue weighted by molar-refractivity contribution is 5.94. The van der Waals surface area contributed by atoms with Crippen molar-refractivity contribution >= 4 is 23.7 Å². The maximum Gasteiger partial charge on any atom is 0.407 e. The number of amides is 2. The van der Waals surface area contributed by atoms with Crippen LogP contribution in [0.1, 0.15) is 46.3 Å². The summed E-state index contributed by atoms with van der Waals surface area (Å²) >= 11 is 0. The van der Waals surface area contributed by atoms with Crippen LogP contribution in [0.4, 0.5) is 10.5 Å². The highest BCUT2D eigenvalue weighted by Gasteiger charge is 2.29. The maximum absolute atomic E-state index is 12.5. The largest absolute Gasteiger partial charge is 0.478 e. The summed E-state index contributed by atoms with van der Waals surface area (Å²) in [6, 6.07) is 21.0.